The molecule has 1 aliphatic rings. The zero-order valence-electron chi connectivity index (χ0n) is 17.8. The average molecular weight is 405 g/mol. The number of aliphatic hydroxyl groups excluding tert-OH is 1. The van der Waals surface area contributed by atoms with Crippen LogP contribution in [0.2, 0.25) is 0 Å². The molecule has 1 aromatic carbocycles. The number of nitrogens with zero attached hydrogens (tertiary/aromatic N) is 1. The van der Waals surface area contributed by atoms with Crippen LogP contribution >= 0.6 is 0 Å². The van der Waals surface area contributed by atoms with E-state index >= 15 is 0 Å². The number of carbonyl (C=O) groups excluding carboxylic acids is 2. The number of carbonyl (C=O) groups is 2. The van der Waals surface area contributed by atoms with Gasteiger partial charge in [-0.05, 0) is 33.3 Å². The van der Waals surface area contributed by atoms with Gasteiger partial charge in [-0.2, -0.15) is 0 Å². The molecule has 7 heteroatoms. The first kappa shape index (κ1) is 22.9. The fourth-order valence-electron chi connectivity index (χ4n) is 3.40. The molecular formula is C22H31NO6. The van der Waals surface area contributed by atoms with E-state index in [1.807, 2.05) is 30.3 Å². The highest BCUT2D eigenvalue weighted by atomic mass is 16.6. The molecule has 29 heavy (non-hydrogen) atoms. The second-order valence-corrected chi connectivity index (χ2v) is 8.28. The Morgan fingerprint density at radius 2 is 1.79 bits per heavy atom. The molecule has 0 aliphatic carbocycles. The van der Waals surface area contributed by atoms with Crippen LogP contribution in [0.1, 0.15) is 40.2 Å². The van der Waals surface area contributed by atoms with Crippen molar-refractivity contribution in [1.82, 2.24) is 4.90 Å². The number of rotatable bonds is 7. The Morgan fingerprint density at radius 1 is 1.17 bits per heavy atom. The lowest BCUT2D eigenvalue weighted by atomic mass is 10.1. The van der Waals surface area contributed by atoms with Crippen molar-refractivity contribution in [3.8, 4) is 0 Å². The van der Waals surface area contributed by atoms with Crippen LogP contribution in [-0.4, -0.2) is 58.4 Å². The van der Waals surface area contributed by atoms with Crippen molar-refractivity contribution in [2.24, 2.45) is 0 Å². The predicted molar refractivity (Wildman–Crippen MR) is 108 cm³/mol. The minimum absolute atomic E-state index is 0.0708. The van der Waals surface area contributed by atoms with Crippen molar-refractivity contribution in [3.63, 3.8) is 0 Å². The summed E-state index contributed by atoms with van der Waals surface area (Å²) < 4.78 is 16.5. The third-order valence-corrected chi connectivity index (χ3v) is 4.48. The summed E-state index contributed by atoms with van der Waals surface area (Å²) in [5.74, 6) is -0.602. The molecule has 1 aliphatic heterocycles. The molecule has 7 nitrogen and oxygen atoms in total. The number of hydrogen-bond donors (Lipinski definition) is 1. The fourth-order valence-corrected chi connectivity index (χ4v) is 3.40. The van der Waals surface area contributed by atoms with E-state index in [1.165, 1.54) is 6.92 Å². The number of likely N-dealkylation sites (tertiary alicyclic amines) is 1. The van der Waals surface area contributed by atoms with Crippen LogP contribution in [0, 0.1) is 0 Å². The van der Waals surface area contributed by atoms with Gasteiger partial charge in [0.15, 0.2) is 6.10 Å². The van der Waals surface area contributed by atoms with Gasteiger partial charge in [-0.15, -0.1) is 0 Å². The Kier molecular flexibility index (Phi) is 7.43. The molecule has 1 heterocycles. The van der Waals surface area contributed by atoms with Crippen LogP contribution < -0.4 is 0 Å². The molecule has 0 bridgehead atoms. The lowest BCUT2D eigenvalue weighted by Gasteiger charge is -2.31. The Bertz CT molecular complexity index is 727. The number of ether oxygens (including phenoxy) is 3. The molecule has 2 rings (SSSR count). The summed E-state index contributed by atoms with van der Waals surface area (Å²) in [6.07, 6.45) is -1.97. The molecule has 1 aromatic rings. The van der Waals surface area contributed by atoms with Gasteiger partial charge in [0, 0.05) is 13.5 Å². The van der Waals surface area contributed by atoms with E-state index in [0.29, 0.717) is 12.3 Å². The summed E-state index contributed by atoms with van der Waals surface area (Å²) in [5.41, 5.74) is 0.236. The van der Waals surface area contributed by atoms with Gasteiger partial charge in [0.05, 0.1) is 11.8 Å². The van der Waals surface area contributed by atoms with E-state index < -0.39 is 41.8 Å². The smallest absolute Gasteiger partial charge is 0.327 e. The molecule has 0 radical (unpaired) electrons. The third kappa shape index (κ3) is 6.30. The second-order valence-electron chi connectivity index (χ2n) is 8.28. The number of allylic oxidation sites excluding steroid dienone is 1. The molecule has 0 spiro atoms. The van der Waals surface area contributed by atoms with Crippen LogP contribution in [0.25, 0.3) is 0 Å². The summed E-state index contributed by atoms with van der Waals surface area (Å²) in [5, 5.41) is 11.0. The molecule has 0 amide bonds. The van der Waals surface area contributed by atoms with Gasteiger partial charge < -0.3 is 19.3 Å². The minimum atomic E-state index is -1.08. The van der Waals surface area contributed by atoms with Crippen molar-refractivity contribution in [2.75, 3.05) is 6.61 Å². The highest BCUT2D eigenvalue weighted by Gasteiger charge is 2.54. The molecule has 1 fully saturated rings. The Hall–Kier alpha value is -2.38. The minimum Gasteiger partial charge on any atom is -0.491 e. The largest absolute Gasteiger partial charge is 0.491 e. The van der Waals surface area contributed by atoms with E-state index in [1.54, 1.807) is 32.6 Å². The summed E-state index contributed by atoms with van der Waals surface area (Å²) in [4.78, 5) is 26.2. The lowest BCUT2D eigenvalue weighted by molar-refractivity contribution is -0.165. The molecule has 0 saturated carbocycles. The first-order chi connectivity index (χ1) is 13.5. The van der Waals surface area contributed by atoms with Gasteiger partial charge in [0.2, 0.25) is 0 Å². The molecule has 160 valence electrons. The quantitative estimate of drug-likeness (QED) is 0.551. The normalized spacial score (nSPS) is 24.8. The predicted octanol–water partition coefficient (Wildman–Crippen LogP) is 2.42. The van der Waals surface area contributed by atoms with E-state index in [0.717, 1.165) is 5.56 Å². The van der Waals surface area contributed by atoms with Gasteiger partial charge in [-0.25, -0.2) is 0 Å². The molecule has 0 aromatic heterocycles. The van der Waals surface area contributed by atoms with E-state index in [2.05, 4.69) is 6.58 Å². The third-order valence-electron chi connectivity index (χ3n) is 4.48. The number of aliphatic hydroxyl groups is 1. The van der Waals surface area contributed by atoms with Crippen molar-refractivity contribution in [1.29, 1.82) is 0 Å². The van der Waals surface area contributed by atoms with Crippen molar-refractivity contribution >= 4 is 11.9 Å². The van der Waals surface area contributed by atoms with Gasteiger partial charge in [-0.1, -0.05) is 36.9 Å². The van der Waals surface area contributed by atoms with Crippen LogP contribution in [0.15, 0.2) is 42.7 Å². The average Bonchev–Trinajstić information content (AvgIpc) is 2.83. The summed E-state index contributed by atoms with van der Waals surface area (Å²) >= 11 is 0. The van der Waals surface area contributed by atoms with Crippen molar-refractivity contribution in [3.05, 3.63) is 48.2 Å². The summed E-state index contributed by atoms with van der Waals surface area (Å²) in [7, 11) is 0. The number of esters is 2. The summed E-state index contributed by atoms with van der Waals surface area (Å²) in [6, 6.07) is 8.02. The van der Waals surface area contributed by atoms with Crippen molar-refractivity contribution in [2.45, 2.75) is 71.1 Å². The molecule has 4 atom stereocenters. The zero-order valence-corrected chi connectivity index (χ0v) is 17.8. The van der Waals surface area contributed by atoms with Crippen LogP contribution in [-0.2, 0) is 30.3 Å². The Morgan fingerprint density at radius 3 is 2.31 bits per heavy atom. The maximum atomic E-state index is 13.1. The van der Waals surface area contributed by atoms with E-state index in [4.69, 9.17) is 14.2 Å². The molecular weight excluding hydrogens is 374 g/mol. The first-order valence-corrected chi connectivity index (χ1v) is 9.65. The number of hydrogen-bond acceptors (Lipinski definition) is 7. The van der Waals surface area contributed by atoms with Crippen LogP contribution in [0.5, 0.6) is 0 Å². The Labute approximate surface area is 172 Å². The Balaban J connectivity index is 2.42. The summed E-state index contributed by atoms with van der Waals surface area (Å²) in [6.45, 7) is 12.3. The molecule has 1 saturated heterocycles. The lowest BCUT2D eigenvalue weighted by Crippen LogP contribution is -2.48. The van der Waals surface area contributed by atoms with E-state index in [-0.39, 0.29) is 6.61 Å². The maximum absolute atomic E-state index is 13.1. The van der Waals surface area contributed by atoms with Gasteiger partial charge >= 0.3 is 11.9 Å². The van der Waals surface area contributed by atoms with E-state index in [9.17, 15) is 14.7 Å². The second kappa shape index (κ2) is 9.41. The first-order valence-electron chi connectivity index (χ1n) is 9.65. The van der Waals surface area contributed by atoms with Gasteiger partial charge in [-0.3, -0.25) is 14.5 Å². The van der Waals surface area contributed by atoms with Crippen LogP contribution in [0.3, 0.4) is 0 Å². The monoisotopic (exact) mass is 405 g/mol. The SMILES string of the molecule is C=C(C)O[C@@H]1[C@H](O)[C@@H](COC(C)=O)N(Cc2ccccc2)[C@@H]1C(=O)OC(C)(C)C. The topological polar surface area (TPSA) is 85.3 Å². The van der Waals surface area contributed by atoms with Gasteiger partial charge in [0.1, 0.15) is 24.4 Å². The zero-order chi connectivity index (χ0) is 21.8. The highest BCUT2D eigenvalue weighted by Crippen LogP contribution is 2.32. The molecule has 0 unspecified atom stereocenters. The van der Waals surface area contributed by atoms with Crippen LogP contribution in [0.4, 0.5) is 0 Å². The molecule has 1 N–H and O–H groups in total. The van der Waals surface area contributed by atoms with Gasteiger partial charge in [0.25, 0.3) is 0 Å². The van der Waals surface area contributed by atoms with Crippen molar-refractivity contribution < 1.29 is 28.9 Å². The maximum Gasteiger partial charge on any atom is 0.327 e. The fraction of sp³-hybridized carbons (Fsp3) is 0.545. The number of benzene rings is 1. The standard InChI is InChI=1S/C22H31NO6/c1-14(2)28-20-18(21(26)29-22(4,5)6)23(12-16-10-8-7-9-11-16)17(19(20)25)13-27-15(3)24/h7-11,17-20,25H,1,12-13H2,2-6H3/t17-,18+,19-,20+/m1/s1. The highest BCUT2D eigenvalue weighted by molar-refractivity contribution is 5.78.